The summed E-state index contributed by atoms with van der Waals surface area (Å²) in [4.78, 5) is 36.6. The fraction of sp³-hybridized carbons (Fsp3) is 0.450. The maximum atomic E-state index is 12.3. The van der Waals surface area contributed by atoms with Gasteiger partial charge in [0.25, 0.3) is 0 Å². The molecule has 0 aromatic carbocycles. The van der Waals surface area contributed by atoms with E-state index >= 15 is 0 Å². The van der Waals surface area contributed by atoms with Crippen molar-refractivity contribution in [3.05, 3.63) is 47.6 Å². The third-order valence-electron chi connectivity index (χ3n) is 4.85. The summed E-state index contributed by atoms with van der Waals surface area (Å²) in [6, 6.07) is 0. The highest BCUT2D eigenvalue weighted by atomic mass is 16.6. The quantitative estimate of drug-likeness (QED) is 0.461. The number of allylic oxidation sites excluding steroid dienone is 1. The summed E-state index contributed by atoms with van der Waals surface area (Å²) in [5, 5.41) is 10.2. The highest BCUT2D eigenvalue weighted by Crippen LogP contribution is 2.36. The van der Waals surface area contributed by atoms with Gasteiger partial charge in [-0.25, -0.2) is 9.59 Å². The van der Waals surface area contributed by atoms with Crippen molar-refractivity contribution in [2.45, 2.75) is 51.9 Å². The molecule has 1 aliphatic heterocycles. The molecule has 0 bridgehead atoms. The lowest BCUT2D eigenvalue weighted by Crippen LogP contribution is -2.35. The van der Waals surface area contributed by atoms with Gasteiger partial charge in [0.05, 0.1) is 12.0 Å². The SMILES string of the molecule is C=C1CC(OC(=O)/C(C)=C\C)[C@@H]2C(=C)C(=O)O[C@H]2/C=C(/C)C(O)CC1=O. The molecule has 0 amide bonds. The van der Waals surface area contributed by atoms with Crippen molar-refractivity contribution in [2.24, 2.45) is 5.92 Å². The maximum Gasteiger partial charge on any atom is 0.334 e. The Labute approximate surface area is 152 Å². The number of ether oxygens (including phenoxy) is 2. The fourth-order valence-electron chi connectivity index (χ4n) is 2.98. The van der Waals surface area contributed by atoms with Crippen LogP contribution in [0, 0.1) is 5.92 Å². The second kappa shape index (κ2) is 7.83. The minimum Gasteiger partial charge on any atom is -0.458 e. The lowest BCUT2D eigenvalue weighted by molar-refractivity contribution is -0.147. The number of carbonyl (C=O) groups excluding carboxylic acids is 3. The molecule has 0 aromatic rings. The van der Waals surface area contributed by atoms with Gasteiger partial charge >= 0.3 is 11.9 Å². The number of Topliss-reactive ketones (excluding diaryl/α,β-unsaturated/α-hetero) is 1. The monoisotopic (exact) mass is 360 g/mol. The van der Waals surface area contributed by atoms with Crippen molar-refractivity contribution < 1.29 is 29.0 Å². The van der Waals surface area contributed by atoms with Gasteiger partial charge in [0.2, 0.25) is 0 Å². The average molecular weight is 360 g/mol. The first-order valence-electron chi connectivity index (χ1n) is 8.46. The van der Waals surface area contributed by atoms with E-state index in [1.165, 1.54) is 0 Å². The molecule has 1 fully saturated rings. The van der Waals surface area contributed by atoms with Gasteiger partial charge in [-0.1, -0.05) is 19.2 Å². The molecular formula is C20H24O6. The number of esters is 2. The topological polar surface area (TPSA) is 89.9 Å². The minimum absolute atomic E-state index is 0.0397. The predicted octanol–water partition coefficient (Wildman–Crippen LogP) is 2.19. The molecule has 0 radical (unpaired) electrons. The van der Waals surface area contributed by atoms with Crippen molar-refractivity contribution in [3.8, 4) is 0 Å². The van der Waals surface area contributed by atoms with Crippen LogP contribution in [0.25, 0.3) is 0 Å². The van der Waals surface area contributed by atoms with Crippen LogP contribution in [0.4, 0.5) is 0 Å². The number of fused-ring (bicyclic) bond motifs is 1. The fourth-order valence-corrected chi connectivity index (χ4v) is 2.98. The summed E-state index contributed by atoms with van der Waals surface area (Å²) in [5.41, 5.74) is 1.31. The maximum absolute atomic E-state index is 12.3. The molecule has 2 rings (SSSR count). The molecule has 1 N–H and O–H groups in total. The van der Waals surface area contributed by atoms with Crippen LogP contribution in [0.5, 0.6) is 0 Å². The molecule has 4 atom stereocenters. The number of carbonyl (C=O) groups is 3. The van der Waals surface area contributed by atoms with Crippen LogP contribution in [-0.2, 0) is 23.9 Å². The lowest BCUT2D eigenvalue weighted by atomic mass is 9.83. The number of aliphatic hydroxyl groups excluding tert-OH is 1. The second-order valence-corrected chi connectivity index (χ2v) is 6.70. The summed E-state index contributed by atoms with van der Waals surface area (Å²) in [5.74, 6) is -2.09. The molecular weight excluding hydrogens is 336 g/mol. The van der Waals surface area contributed by atoms with Gasteiger partial charge in [0.15, 0.2) is 5.78 Å². The van der Waals surface area contributed by atoms with E-state index < -0.39 is 36.2 Å². The Kier molecular flexibility index (Phi) is 5.97. The predicted molar refractivity (Wildman–Crippen MR) is 95.0 cm³/mol. The Morgan fingerprint density at radius 2 is 2.00 bits per heavy atom. The Morgan fingerprint density at radius 1 is 1.35 bits per heavy atom. The molecule has 1 saturated heterocycles. The largest absolute Gasteiger partial charge is 0.458 e. The van der Waals surface area contributed by atoms with Crippen LogP contribution in [0.2, 0.25) is 0 Å². The second-order valence-electron chi connectivity index (χ2n) is 6.70. The molecule has 0 aromatic heterocycles. The summed E-state index contributed by atoms with van der Waals surface area (Å²) in [7, 11) is 0. The van der Waals surface area contributed by atoms with Crippen LogP contribution >= 0.6 is 0 Å². The third kappa shape index (κ3) is 4.02. The number of hydrogen-bond acceptors (Lipinski definition) is 6. The molecule has 6 nitrogen and oxygen atoms in total. The van der Waals surface area contributed by atoms with Crippen molar-refractivity contribution >= 4 is 17.7 Å². The van der Waals surface area contributed by atoms with Gasteiger partial charge in [0, 0.05) is 24.0 Å². The van der Waals surface area contributed by atoms with Gasteiger partial charge in [-0.2, -0.15) is 0 Å². The molecule has 26 heavy (non-hydrogen) atoms. The molecule has 140 valence electrons. The molecule has 2 unspecified atom stereocenters. The van der Waals surface area contributed by atoms with Crippen molar-refractivity contribution in [1.82, 2.24) is 0 Å². The van der Waals surface area contributed by atoms with Crippen LogP contribution in [-0.4, -0.2) is 41.1 Å². The van der Waals surface area contributed by atoms with Gasteiger partial charge in [0.1, 0.15) is 12.2 Å². The van der Waals surface area contributed by atoms with E-state index in [1.807, 2.05) is 0 Å². The zero-order valence-electron chi connectivity index (χ0n) is 15.3. The van der Waals surface area contributed by atoms with E-state index in [0.29, 0.717) is 11.1 Å². The number of aliphatic hydroxyl groups is 1. The molecule has 1 aliphatic carbocycles. The van der Waals surface area contributed by atoms with Crippen LogP contribution < -0.4 is 0 Å². The first kappa shape index (κ1) is 19.8. The summed E-state index contributed by atoms with van der Waals surface area (Å²) in [6.07, 6.45) is 0.588. The summed E-state index contributed by atoms with van der Waals surface area (Å²) < 4.78 is 10.9. The van der Waals surface area contributed by atoms with Gasteiger partial charge < -0.3 is 14.6 Å². The van der Waals surface area contributed by atoms with Gasteiger partial charge in [-0.3, -0.25) is 4.79 Å². The smallest absolute Gasteiger partial charge is 0.334 e. The van der Waals surface area contributed by atoms with E-state index in [0.717, 1.165) is 0 Å². The highest BCUT2D eigenvalue weighted by molar-refractivity contribution is 5.96. The first-order valence-corrected chi connectivity index (χ1v) is 8.46. The van der Waals surface area contributed by atoms with E-state index in [-0.39, 0.29) is 29.8 Å². The van der Waals surface area contributed by atoms with Crippen molar-refractivity contribution in [3.63, 3.8) is 0 Å². The number of ketones is 1. The van der Waals surface area contributed by atoms with Gasteiger partial charge in [-0.15, -0.1) is 0 Å². The standard InChI is InChI=1S/C20H24O6/c1-6-10(2)19(23)25-16-7-11(3)14(21)9-15(22)12(4)8-17-18(16)13(5)20(24)26-17/h6,8,15-18,22H,3,5,7,9H2,1-2,4H3/b10-6-,12-8-/t15?,16?,17-,18-/m0/s1. The van der Waals surface area contributed by atoms with E-state index in [1.54, 1.807) is 32.9 Å². The zero-order chi connectivity index (χ0) is 19.6. The van der Waals surface area contributed by atoms with Crippen molar-refractivity contribution in [1.29, 1.82) is 0 Å². The first-order chi connectivity index (χ1) is 12.1. The Hall–Kier alpha value is -2.47. The summed E-state index contributed by atoms with van der Waals surface area (Å²) in [6.45, 7) is 12.5. The summed E-state index contributed by atoms with van der Waals surface area (Å²) >= 11 is 0. The van der Waals surface area contributed by atoms with Crippen LogP contribution in [0.15, 0.2) is 47.6 Å². The van der Waals surface area contributed by atoms with Gasteiger partial charge in [-0.05, 0) is 38.0 Å². The van der Waals surface area contributed by atoms with Crippen LogP contribution in [0.3, 0.4) is 0 Å². The van der Waals surface area contributed by atoms with E-state index in [2.05, 4.69) is 13.2 Å². The molecule has 0 spiro atoms. The molecule has 0 saturated carbocycles. The molecule has 6 heteroatoms. The van der Waals surface area contributed by atoms with Crippen LogP contribution in [0.1, 0.15) is 33.6 Å². The third-order valence-corrected chi connectivity index (χ3v) is 4.85. The molecule has 1 heterocycles. The zero-order valence-corrected chi connectivity index (χ0v) is 15.3. The molecule has 2 aliphatic rings. The van der Waals surface area contributed by atoms with E-state index in [9.17, 15) is 19.5 Å². The normalized spacial score (nSPS) is 32.5. The Morgan fingerprint density at radius 3 is 2.62 bits per heavy atom. The number of rotatable bonds is 2. The van der Waals surface area contributed by atoms with Crippen molar-refractivity contribution in [2.75, 3.05) is 0 Å². The average Bonchev–Trinajstić information content (AvgIpc) is 2.86. The Balaban J connectivity index is 2.46. The lowest BCUT2D eigenvalue weighted by Gasteiger charge is -2.28. The van der Waals surface area contributed by atoms with E-state index in [4.69, 9.17) is 9.47 Å². The Bertz CT molecular complexity index is 727. The number of hydrogen-bond donors (Lipinski definition) is 1. The highest BCUT2D eigenvalue weighted by Gasteiger charge is 2.45. The minimum atomic E-state index is -0.989.